The van der Waals surface area contributed by atoms with Crippen LogP contribution < -0.4 is 59.7 Å². The van der Waals surface area contributed by atoms with Gasteiger partial charge in [0.25, 0.3) is 0 Å². The van der Waals surface area contributed by atoms with Gasteiger partial charge in [-0.3, -0.25) is 47.9 Å². The monoisotopic (exact) mass is 927 g/mol. The van der Waals surface area contributed by atoms with Crippen molar-refractivity contribution < 1.29 is 78.6 Å². The Kier molecular flexibility index (Phi) is 22.9. The van der Waals surface area contributed by atoms with Crippen LogP contribution in [0.5, 0.6) is 5.75 Å². The maximum atomic E-state index is 13.6. The molecular formula is C38H61N11O16. The van der Waals surface area contributed by atoms with Crippen LogP contribution in [0.4, 0.5) is 0 Å². The first-order valence-corrected chi connectivity index (χ1v) is 20.0. The van der Waals surface area contributed by atoms with Gasteiger partial charge in [0.15, 0.2) is 0 Å². The third-order valence-corrected chi connectivity index (χ3v) is 9.30. The average Bonchev–Trinajstić information content (AvgIpc) is 3.20. The number of amides is 10. The summed E-state index contributed by atoms with van der Waals surface area (Å²) >= 11 is 0. The molecular weight excluding hydrogens is 866 g/mol. The Labute approximate surface area is 372 Å². The van der Waals surface area contributed by atoms with E-state index in [1.54, 1.807) is 0 Å². The minimum absolute atomic E-state index is 0.143. The molecule has 10 amide bonds. The fraction of sp³-hybridized carbons (Fsp3) is 0.579. The van der Waals surface area contributed by atoms with E-state index < -0.39 is 151 Å². The van der Waals surface area contributed by atoms with Crippen LogP contribution in [0, 0.1) is 0 Å². The fourth-order valence-corrected chi connectivity index (χ4v) is 5.56. The number of carbonyl (C=O) groups excluding carboxylic acids is 10. The first-order valence-electron chi connectivity index (χ1n) is 20.0. The number of phenolic OH excluding ortho intramolecular Hbond substituents is 1. The lowest BCUT2D eigenvalue weighted by Crippen LogP contribution is -2.64. The lowest BCUT2D eigenvalue weighted by Gasteiger charge is -2.29. The number of phenols is 1. The summed E-state index contributed by atoms with van der Waals surface area (Å²) in [6.07, 6.45) is -8.05. The number of benzene rings is 1. The zero-order chi connectivity index (χ0) is 50.0. The van der Waals surface area contributed by atoms with E-state index in [9.17, 15) is 78.6 Å². The Bertz CT molecular complexity index is 1860. The van der Waals surface area contributed by atoms with E-state index in [2.05, 4.69) is 42.5 Å². The second-order valence-corrected chi connectivity index (χ2v) is 15.2. The first-order chi connectivity index (χ1) is 30.1. The van der Waals surface area contributed by atoms with Gasteiger partial charge < -0.3 is 90.4 Å². The van der Waals surface area contributed by atoms with E-state index in [0.717, 1.165) is 27.7 Å². The first kappa shape index (κ1) is 56.5. The predicted molar refractivity (Wildman–Crippen MR) is 223 cm³/mol. The Morgan fingerprint density at radius 2 is 0.862 bits per heavy atom. The highest BCUT2D eigenvalue weighted by atomic mass is 16.3. The molecule has 0 bridgehead atoms. The van der Waals surface area contributed by atoms with Gasteiger partial charge in [-0.25, -0.2) is 0 Å². The quantitative estimate of drug-likeness (QED) is 0.0410. The summed E-state index contributed by atoms with van der Waals surface area (Å²) in [6.45, 7) is 5.81. The molecule has 0 aliphatic carbocycles. The number of rotatable bonds is 26. The van der Waals surface area contributed by atoms with Crippen molar-refractivity contribution in [3.63, 3.8) is 0 Å². The van der Waals surface area contributed by atoms with Crippen LogP contribution in [0.25, 0.3) is 0 Å². The maximum Gasteiger partial charge on any atom is 0.245 e. The molecule has 1 aromatic carbocycles. The van der Waals surface area contributed by atoms with Gasteiger partial charge in [0.2, 0.25) is 59.1 Å². The molecule has 27 nitrogen and oxygen atoms in total. The molecule has 13 atom stereocenters. The van der Waals surface area contributed by atoms with Crippen LogP contribution in [-0.2, 0) is 54.4 Å². The summed E-state index contributed by atoms with van der Waals surface area (Å²) in [4.78, 5) is 129. The zero-order valence-corrected chi connectivity index (χ0v) is 36.4. The molecule has 1 aromatic rings. The SMILES string of the molecule is C[C@H](N)C(=O)N[C@@H](C)C(=O)N[C@@H](CO)C(=O)N[C@H](C(=O)N[C@H](C(=O)N[C@H](C(=O)N[C@@H](CC(N)=O)C(=O)N[C@@H](Cc1ccc(O)cc1)C(=O)N[C@H](C(N)=O)[C@@H](C)O)[C@@H](C)O)[C@@H](C)O)[C@@H](C)O. The van der Waals surface area contributed by atoms with Gasteiger partial charge >= 0.3 is 0 Å². The van der Waals surface area contributed by atoms with Crippen molar-refractivity contribution in [3.8, 4) is 5.75 Å². The lowest BCUT2D eigenvalue weighted by molar-refractivity contribution is -0.139. The smallest absolute Gasteiger partial charge is 0.245 e. The number of aromatic hydroxyl groups is 1. The summed E-state index contributed by atoms with van der Waals surface area (Å²) < 4.78 is 0. The molecule has 364 valence electrons. The van der Waals surface area contributed by atoms with Gasteiger partial charge in [-0.05, 0) is 59.2 Å². The number of carbonyl (C=O) groups is 10. The Morgan fingerprint density at radius 3 is 1.26 bits per heavy atom. The molecule has 65 heavy (non-hydrogen) atoms. The molecule has 1 rings (SSSR count). The van der Waals surface area contributed by atoms with Crippen molar-refractivity contribution in [2.45, 2.75) is 133 Å². The van der Waals surface area contributed by atoms with Crippen LogP contribution in [-0.4, -0.2) is 175 Å². The highest BCUT2D eigenvalue weighted by Gasteiger charge is 2.38. The normalized spacial score (nSPS) is 17.1. The number of hydrogen-bond acceptors (Lipinski definition) is 17. The third-order valence-electron chi connectivity index (χ3n) is 9.30. The van der Waals surface area contributed by atoms with Gasteiger partial charge in [-0.2, -0.15) is 0 Å². The minimum atomic E-state index is -2.01. The van der Waals surface area contributed by atoms with Crippen molar-refractivity contribution in [1.82, 2.24) is 42.5 Å². The summed E-state index contributed by atoms with van der Waals surface area (Å²) in [5.74, 6) is -11.6. The van der Waals surface area contributed by atoms with E-state index in [0.29, 0.717) is 5.56 Å². The van der Waals surface area contributed by atoms with Gasteiger partial charge in [-0.15, -0.1) is 0 Å². The Morgan fingerprint density at radius 1 is 0.492 bits per heavy atom. The van der Waals surface area contributed by atoms with Crippen molar-refractivity contribution in [2.24, 2.45) is 17.2 Å². The molecule has 27 heteroatoms. The lowest BCUT2D eigenvalue weighted by atomic mass is 10.0. The number of aliphatic hydroxyl groups is 5. The molecule has 0 aliphatic rings. The van der Waals surface area contributed by atoms with Crippen LogP contribution >= 0.6 is 0 Å². The summed E-state index contributed by atoms with van der Waals surface area (Å²) in [5.41, 5.74) is 16.4. The van der Waals surface area contributed by atoms with Gasteiger partial charge in [0.1, 0.15) is 54.1 Å². The van der Waals surface area contributed by atoms with Crippen molar-refractivity contribution in [2.75, 3.05) is 6.61 Å². The molecule has 0 saturated carbocycles. The Hall–Kier alpha value is -6.52. The summed E-state index contributed by atoms with van der Waals surface area (Å²) in [7, 11) is 0. The van der Waals surface area contributed by atoms with E-state index in [4.69, 9.17) is 17.2 Å². The molecule has 20 N–H and O–H groups in total. The molecule has 0 fully saturated rings. The van der Waals surface area contributed by atoms with Gasteiger partial charge in [0, 0.05) is 6.42 Å². The molecule has 0 spiro atoms. The van der Waals surface area contributed by atoms with Crippen LogP contribution in [0.2, 0.25) is 0 Å². The van der Waals surface area contributed by atoms with Crippen LogP contribution in [0.1, 0.15) is 53.5 Å². The van der Waals surface area contributed by atoms with E-state index in [1.807, 2.05) is 0 Å². The molecule has 0 saturated heterocycles. The topological polar surface area (TPSA) is 466 Å². The minimum Gasteiger partial charge on any atom is -0.508 e. The second kappa shape index (κ2) is 26.3. The number of nitrogens with two attached hydrogens (primary N) is 3. The molecule has 0 heterocycles. The van der Waals surface area contributed by atoms with Crippen LogP contribution in [0.3, 0.4) is 0 Å². The van der Waals surface area contributed by atoms with Gasteiger partial charge in [-0.1, -0.05) is 12.1 Å². The molecule has 0 unspecified atom stereocenters. The van der Waals surface area contributed by atoms with E-state index in [-0.39, 0.29) is 12.2 Å². The summed E-state index contributed by atoms with van der Waals surface area (Å²) in [5, 5.41) is 78.1. The van der Waals surface area contributed by atoms with Crippen LogP contribution in [0.15, 0.2) is 24.3 Å². The highest BCUT2D eigenvalue weighted by molar-refractivity contribution is 5.99. The number of nitrogens with one attached hydrogen (secondary N) is 8. The zero-order valence-electron chi connectivity index (χ0n) is 36.4. The fourth-order valence-electron chi connectivity index (χ4n) is 5.56. The van der Waals surface area contributed by atoms with Crippen molar-refractivity contribution in [1.29, 1.82) is 0 Å². The predicted octanol–water partition coefficient (Wildman–Crippen LogP) is -8.94. The molecule has 0 radical (unpaired) electrons. The number of primary amides is 2. The highest BCUT2D eigenvalue weighted by Crippen LogP contribution is 2.13. The molecule has 0 aliphatic heterocycles. The van der Waals surface area contributed by atoms with E-state index >= 15 is 0 Å². The summed E-state index contributed by atoms with van der Waals surface area (Å²) in [6, 6.07) is -9.72. The van der Waals surface area contributed by atoms with E-state index in [1.165, 1.54) is 38.1 Å². The largest absolute Gasteiger partial charge is 0.508 e. The molecule has 0 aromatic heterocycles. The number of aliphatic hydroxyl groups excluding tert-OH is 5. The van der Waals surface area contributed by atoms with Crippen molar-refractivity contribution >= 4 is 59.1 Å². The Balaban J connectivity index is 3.30. The van der Waals surface area contributed by atoms with Crippen molar-refractivity contribution in [3.05, 3.63) is 29.8 Å². The number of hydrogen-bond donors (Lipinski definition) is 17. The van der Waals surface area contributed by atoms with Gasteiger partial charge in [0.05, 0.1) is 43.5 Å². The third kappa shape index (κ3) is 18.6. The average molecular weight is 928 g/mol. The standard InChI is InChI=1S/C38H61N11O16/c1-14(39)31(58)42-15(2)32(59)45-24(13-50)35(62)47-28(18(5)53)37(64)49-29(19(6)54)38(65)48-27(17(4)52)36(63)44-23(12-25(40)56)33(60)43-22(11-20-7-9-21(55)10-8-20)34(61)46-26(16(3)51)30(41)57/h7-10,14-19,22-24,26-29,50-55H,11-13,39H2,1-6H3,(H2,40,56)(H2,41,57)(H,42,58)(H,43,60)(H,44,63)(H,45,59)(H,46,61)(H,47,62)(H,48,65)(H,49,64)/t14-,15-,16+,17+,18+,19+,22-,23-,24-,26-,27-,28-,29-/m0/s1. The maximum absolute atomic E-state index is 13.6. The second-order valence-electron chi connectivity index (χ2n) is 15.2.